The molecule has 1 aromatic heterocycles. The van der Waals surface area contributed by atoms with Crippen molar-refractivity contribution in [3.05, 3.63) is 68.7 Å². The van der Waals surface area contributed by atoms with Crippen molar-refractivity contribution in [2.45, 2.75) is 32.4 Å². The van der Waals surface area contributed by atoms with Crippen LogP contribution in [0.2, 0.25) is 0 Å². The van der Waals surface area contributed by atoms with Gasteiger partial charge in [-0.2, -0.15) is 0 Å². The van der Waals surface area contributed by atoms with Gasteiger partial charge < -0.3 is 25.1 Å². The zero-order valence-corrected chi connectivity index (χ0v) is 17.8. The number of piperidine rings is 1. The molecule has 0 atom stereocenters. The maximum atomic E-state index is 12.9. The number of carbonyl (C=O) groups is 1. The molecule has 3 N–H and O–H groups in total. The lowest BCUT2D eigenvalue weighted by atomic mass is 10.0. The van der Waals surface area contributed by atoms with Crippen LogP contribution in [-0.2, 0) is 6.54 Å². The SMILES string of the molecule is CCn1c(=O)c(=O)[nH]c2cc(C(=O)Nc3ccccc3NC3CCN(C)CC3)ccc21. The minimum atomic E-state index is -0.695. The molecule has 2 aromatic carbocycles. The van der Waals surface area contributed by atoms with E-state index in [-0.39, 0.29) is 5.91 Å². The first-order valence-electron chi connectivity index (χ1n) is 10.6. The molecule has 1 fully saturated rings. The Bertz CT molecular complexity index is 1220. The zero-order valence-electron chi connectivity index (χ0n) is 17.8. The van der Waals surface area contributed by atoms with E-state index in [1.54, 1.807) is 25.1 Å². The van der Waals surface area contributed by atoms with Crippen LogP contribution in [0.1, 0.15) is 30.1 Å². The Morgan fingerprint density at radius 3 is 2.52 bits per heavy atom. The molecule has 4 rings (SSSR count). The highest BCUT2D eigenvalue weighted by Gasteiger charge is 2.18. The number of nitrogens with one attached hydrogen (secondary N) is 3. The molecule has 1 amide bonds. The number of nitrogens with zero attached hydrogens (tertiary/aromatic N) is 2. The van der Waals surface area contributed by atoms with Crippen molar-refractivity contribution in [2.75, 3.05) is 30.8 Å². The van der Waals surface area contributed by atoms with Crippen molar-refractivity contribution in [3.63, 3.8) is 0 Å². The lowest BCUT2D eigenvalue weighted by Gasteiger charge is -2.30. The quantitative estimate of drug-likeness (QED) is 0.550. The van der Waals surface area contributed by atoms with E-state index < -0.39 is 11.1 Å². The highest BCUT2D eigenvalue weighted by molar-refractivity contribution is 6.07. The number of carbonyl (C=O) groups excluding carboxylic acids is 1. The number of hydrogen-bond donors (Lipinski definition) is 3. The first-order valence-corrected chi connectivity index (χ1v) is 10.6. The topological polar surface area (TPSA) is 99.2 Å². The third-order valence-corrected chi connectivity index (χ3v) is 5.81. The summed E-state index contributed by atoms with van der Waals surface area (Å²) in [5.41, 5.74) is 1.75. The normalized spacial score (nSPS) is 15.2. The fourth-order valence-corrected chi connectivity index (χ4v) is 4.02. The smallest absolute Gasteiger partial charge is 0.316 e. The van der Waals surface area contributed by atoms with Gasteiger partial charge in [-0.3, -0.25) is 14.4 Å². The predicted octanol–water partition coefficient (Wildman–Crippen LogP) is 2.47. The number of aromatic nitrogens is 2. The van der Waals surface area contributed by atoms with Crippen molar-refractivity contribution in [1.29, 1.82) is 0 Å². The number of aromatic amines is 1. The van der Waals surface area contributed by atoms with Crippen LogP contribution in [0.4, 0.5) is 11.4 Å². The second-order valence-electron chi connectivity index (χ2n) is 7.96. The van der Waals surface area contributed by atoms with Gasteiger partial charge in [-0.15, -0.1) is 0 Å². The van der Waals surface area contributed by atoms with E-state index in [9.17, 15) is 14.4 Å². The number of fused-ring (bicyclic) bond motifs is 1. The second kappa shape index (κ2) is 8.77. The Morgan fingerprint density at radius 1 is 1.10 bits per heavy atom. The summed E-state index contributed by atoms with van der Waals surface area (Å²) in [5, 5.41) is 6.53. The molecule has 1 aliphatic rings. The second-order valence-corrected chi connectivity index (χ2v) is 7.96. The van der Waals surface area contributed by atoms with Gasteiger partial charge >= 0.3 is 11.1 Å². The standard InChI is InChI=1S/C23H27N5O3/c1-3-28-20-9-8-15(14-19(20)26-22(30)23(28)31)21(29)25-18-7-5-4-6-17(18)24-16-10-12-27(2)13-11-16/h4-9,14,16,24H,3,10-13H2,1-2H3,(H,25,29)(H,26,30). The van der Waals surface area contributed by atoms with Gasteiger partial charge in [0.25, 0.3) is 5.91 Å². The van der Waals surface area contributed by atoms with Crippen LogP contribution in [0.25, 0.3) is 11.0 Å². The van der Waals surface area contributed by atoms with Crippen molar-refractivity contribution >= 4 is 28.3 Å². The minimum absolute atomic E-state index is 0.283. The Kier molecular flexibility index (Phi) is 5.90. The number of amides is 1. The summed E-state index contributed by atoms with van der Waals surface area (Å²) < 4.78 is 1.40. The molecule has 0 bridgehead atoms. The Balaban J connectivity index is 1.57. The van der Waals surface area contributed by atoms with E-state index >= 15 is 0 Å². The zero-order chi connectivity index (χ0) is 22.0. The van der Waals surface area contributed by atoms with Crippen LogP contribution in [0.15, 0.2) is 52.1 Å². The molecule has 8 heteroatoms. The van der Waals surface area contributed by atoms with E-state index in [1.165, 1.54) is 4.57 Å². The molecular formula is C23H27N5O3. The maximum absolute atomic E-state index is 12.9. The van der Waals surface area contributed by atoms with Crippen molar-refractivity contribution in [2.24, 2.45) is 0 Å². The molecule has 3 aromatic rings. The summed E-state index contributed by atoms with van der Waals surface area (Å²) in [5.74, 6) is -0.283. The highest BCUT2D eigenvalue weighted by Crippen LogP contribution is 2.25. The van der Waals surface area contributed by atoms with Gasteiger partial charge in [0.2, 0.25) is 0 Å². The number of rotatable bonds is 5. The van der Waals surface area contributed by atoms with Gasteiger partial charge in [0.05, 0.1) is 22.4 Å². The molecule has 8 nitrogen and oxygen atoms in total. The van der Waals surface area contributed by atoms with Gasteiger partial charge in [0.15, 0.2) is 0 Å². The van der Waals surface area contributed by atoms with E-state index in [1.807, 2.05) is 24.3 Å². The van der Waals surface area contributed by atoms with Crippen LogP contribution in [0, 0.1) is 0 Å². The van der Waals surface area contributed by atoms with Crippen LogP contribution < -0.4 is 21.8 Å². The Labute approximate surface area is 179 Å². The van der Waals surface area contributed by atoms with Crippen LogP contribution in [0.3, 0.4) is 0 Å². The molecule has 0 aliphatic carbocycles. The van der Waals surface area contributed by atoms with Gasteiger partial charge in [-0.25, -0.2) is 0 Å². The number of hydrogen-bond acceptors (Lipinski definition) is 5. The number of anilines is 2. The Morgan fingerprint density at radius 2 is 1.81 bits per heavy atom. The van der Waals surface area contributed by atoms with E-state index in [4.69, 9.17) is 0 Å². The average Bonchev–Trinajstić information content (AvgIpc) is 2.77. The molecule has 0 unspecified atom stereocenters. The summed E-state index contributed by atoms with van der Waals surface area (Å²) in [6.45, 7) is 4.27. The third-order valence-electron chi connectivity index (χ3n) is 5.81. The maximum Gasteiger partial charge on any atom is 0.316 e. The van der Waals surface area contributed by atoms with Gasteiger partial charge in [0, 0.05) is 18.2 Å². The fourth-order valence-electron chi connectivity index (χ4n) is 4.02. The molecule has 31 heavy (non-hydrogen) atoms. The summed E-state index contributed by atoms with van der Waals surface area (Å²) in [6.07, 6.45) is 2.10. The molecule has 0 radical (unpaired) electrons. The summed E-state index contributed by atoms with van der Waals surface area (Å²) >= 11 is 0. The van der Waals surface area contributed by atoms with E-state index in [0.717, 1.165) is 31.6 Å². The van der Waals surface area contributed by atoms with Crippen molar-refractivity contribution in [1.82, 2.24) is 14.5 Å². The van der Waals surface area contributed by atoms with Crippen molar-refractivity contribution in [3.8, 4) is 0 Å². The lowest BCUT2D eigenvalue weighted by molar-refractivity contribution is 0.102. The lowest BCUT2D eigenvalue weighted by Crippen LogP contribution is -2.36. The van der Waals surface area contributed by atoms with Crippen LogP contribution in [-0.4, -0.2) is 46.5 Å². The first-order chi connectivity index (χ1) is 15.0. The number of aryl methyl sites for hydroxylation is 1. The monoisotopic (exact) mass is 421 g/mol. The number of benzene rings is 2. The third kappa shape index (κ3) is 4.39. The van der Waals surface area contributed by atoms with Crippen LogP contribution >= 0.6 is 0 Å². The Hall–Kier alpha value is -3.39. The number of para-hydroxylation sites is 2. The van der Waals surface area contributed by atoms with Gasteiger partial charge in [0.1, 0.15) is 0 Å². The molecule has 2 heterocycles. The van der Waals surface area contributed by atoms with E-state index in [0.29, 0.717) is 34.9 Å². The first kappa shape index (κ1) is 20.9. The summed E-state index contributed by atoms with van der Waals surface area (Å²) in [4.78, 5) is 41.8. The largest absolute Gasteiger partial charge is 0.381 e. The van der Waals surface area contributed by atoms with Gasteiger partial charge in [-0.1, -0.05) is 12.1 Å². The molecule has 0 spiro atoms. The molecule has 0 saturated carbocycles. The van der Waals surface area contributed by atoms with Gasteiger partial charge in [-0.05, 0) is 70.2 Å². The summed E-state index contributed by atoms with van der Waals surface area (Å²) in [6, 6.07) is 13.0. The molecule has 162 valence electrons. The minimum Gasteiger partial charge on any atom is -0.381 e. The molecular weight excluding hydrogens is 394 g/mol. The molecule has 1 saturated heterocycles. The molecule has 1 aliphatic heterocycles. The predicted molar refractivity (Wildman–Crippen MR) is 123 cm³/mol. The highest BCUT2D eigenvalue weighted by atomic mass is 16.2. The van der Waals surface area contributed by atoms with E-state index in [2.05, 4.69) is 27.6 Å². The number of likely N-dealkylation sites (tertiary alicyclic amines) is 1. The fraction of sp³-hybridized carbons (Fsp3) is 0.348. The van der Waals surface area contributed by atoms with Crippen molar-refractivity contribution < 1.29 is 4.79 Å². The number of H-pyrrole nitrogens is 1. The summed E-state index contributed by atoms with van der Waals surface area (Å²) in [7, 11) is 2.13. The van der Waals surface area contributed by atoms with Crippen LogP contribution in [0.5, 0.6) is 0 Å². The average molecular weight is 422 g/mol.